The molecule has 6 heteroatoms. The van der Waals surface area contributed by atoms with Crippen LogP contribution in [0.5, 0.6) is 5.75 Å². The molecule has 0 saturated heterocycles. The molecule has 0 aliphatic rings. The summed E-state index contributed by atoms with van der Waals surface area (Å²) in [4.78, 5) is 0. The van der Waals surface area contributed by atoms with Crippen LogP contribution in [0.3, 0.4) is 0 Å². The number of fused-ring (bicyclic) bond motifs is 1. The van der Waals surface area contributed by atoms with Crippen molar-refractivity contribution in [1.82, 2.24) is 4.57 Å². The SMILES string of the molecule is Nc1n(CCOc2ccc(Cl)cc2)c2ccccc2[n+]1CCO. The number of rotatable bonds is 6. The second-order valence-electron chi connectivity index (χ2n) is 5.18. The van der Waals surface area contributed by atoms with Crippen molar-refractivity contribution in [3.63, 3.8) is 0 Å². The number of anilines is 1. The first kappa shape index (κ1) is 15.6. The fraction of sp³-hybridized carbons (Fsp3) is 0.235. The van der Waals surface area contributed by atoms with Crippen LogP contribution in [-0.2, 0) is 13.1 Å². The Kier molecular flexibility index (Phi) is 4.69. The van der Waals surface area contributed by atoms with E-state index in [1.54, 1.807) is 12.1 Å². The van der Waals surface area contributed by atoms with Crippen LogP contribution in [-0.4, -0.2) is 22.9 Å². The van der Waals surface area contributed by atoms with Gasteiger partial charge >= 0.3 is 5.95 Å². The normalized spacial score (nSPS) is 11.0. The molecule has 120 valence electrons. The van der Waals surface area contributed by atoms with E-state index in [9.17, 15) is 5.11 Å². The Morgan fingerprint density at radius 2 is 1.87 bits per heavy atom. The van der Waals surface area contributed by atoms with Crippen LogP contribution in [0.4, 0.5) is 5.95 Å². The van der Waals surface area contributed by atoms with Gasteiger partial charge in [-0.05, 0) is 36.4 Å². The highest BCUT2D eigenvalue weighted by Crippen LogP contribution is 2.18. The van der Waals surface area contributed by atoms with Crippen LogP contribution in [0, 0.1) is 0 Å². The van der Waals surface area contributed by atoms with Gasteiger partial charge in [-0.2, -0.15) is 0 Å². The summed E-state index contributed by atoms with van der Waals surface area (Å²) in [5, 5.41) is 9.92. The average Bonchev–Trinajstić information content (AvgIpc) is 2.83. The van der Waals surface area contributed by atoms with E-state index in [1.165, 1.54) is 0 Å². The largest absolute Gasteiger partial charge is 0.490 e. The van der Waals surface area contributed by atoms with Crippen LogP contribution >= 0.6 is 11.6 Å². The number of nitrogens with zero attached hydrogens (tertiary/aromatic N) is 2. The van der Waals surface area contributed by atoms with Crippen molar-refractivity contribution in [1.29, 1.82) is 0 Å². The van der Waals surface area contributed by atoms with Crippen molar-refractivity contribution in [2.24, 2.45) is 0 Å². The van der Waals surface area contributed by atoms with Crippen molar-refractivity contribution in [2.45, 2.75) is 13.1 Å². The zero-order valence-electron chi connectivity index (χ0n) is 12.7. The lowest BCUT2D eigenvalue weighted by atomic mass is 10.3. The number of aliphatic hydroxyl groups excluding tert-OH is 1. The summed E-state index contributed by atoms with van der Waals surface area (Å²) in [7, 11) is 0. The third kappa shape index (κ3) is 3.25. The average molecular weight is 333 g/mol. The van der Waals surface area contributed by atoms with Crippen molar-refractivity contribution >= 4 is 28.6 Å². The lowest BCUT2D eigenvalue weighted by Gasteiger charge is -2.06. The molecule has 3 rings (SSSR count). The lowest BCUT2D eigenvalue weighted by Crippen LogP contribution is -2.38. The minimum Gasteiger partial charge on any atom is -0.490 e. The van der Waals surface area contributed by atoms with Gasteiger partial charge in [0.15, 0.2) is 0 Å². The Balaban J connectivity index is 1.79. The zero-order chi connectivity index (χ0) is 16.2. The molecule has 1 aromatic heterocycles. The number of hydrogen-bond acceptors (Lipinski definition) is 3. The van der Waals surface area contributed by atoms with Gasteiger partial charge in [-0.3, -0.25) is 5.73 Å². The summed E-state index contributed by atoms with van der Waals surface area (Å²) in [5.41, 5.74) is 8.27. The van der Waals surface area contributed by atoms with Gasteiger partial charge in [-0.25, -0.2) is 9.13 Å². The molecular weight excluding hydrogens is 314 g/mol. The molecule has 0 unspecified atom stereocenters. The highest BCUT2D eigenvalue weighted by molar-refractivity contribution is 6.30. The summed E-state index contributed by atoms with van der Waals surface area (Å²) in [6, 6.07) is 15.2. The summed E-state index contributed by atoms with van der Waals surface area (Å²) in [6.45, 7) is 1.62. The molecule has 23 heavy (non-hydrogen) atoms. The number of halogens is 1. The van der Waals surface area contributed by atoms with E-state index in [-0.39, 0.29) is 6.61 Å². The topological polar surface area (TPSA) is 64.3 Å². The smallest absolute Gasteiger partial charge is 0.356 e. The minimum absolute atomic E-state index is 0.0458. The van der Waals surface area contributed by atoms with Crippen LogP contribution in [0.15, 0.2) is 48.5 Å². The Labute approximate surface area is 139 Å². The van der Waals surface area contributed by atoms with Gasteiger partial charge in [0.2, 0.25) is 0 Å². The van der Waals surface area contributed by atoms with E-state index in [0.717, 1.165) is 16.8 Å². The molecule has 3 N–H and O–H groups in total. The summed E-state index contributed by atoms with van der Waals surface area (Å²) in [5.74, 6) is 1.38. The number of aromatic nitrogens is 2. The number of nitrogens with two attached hydrogens (primary N) is 1. The van der Waals surface area contributed by atoms with Gasteiger partial charge < -0.3 is 9.84 Å². The molecular formula is C17H19ClN3O2+. The van der Waals surface area contributed by atoms with Crippen molar-refractivity contribution < 1.29 is 14.4 Å². The van der Waals surface area contributed by atoms with E-state index in [1.807, 2.05) is 45.5 Å². The summed E-state index contributed by atoms with van der Waals surface area (Å²) in [6.07, 6.45) is 0. The molecule has 0 aliphatic carbocycles. The quantitative estimate of drug-likeness (QED) is 0.680. The van der Waals surface area contributed by atoms with Gasteiger partial charge in [0, 0.05) is 5.02 Å². The molecule has 0 fully saturated rings. The van der Waals surface area contributed by atoms with E-state index in [0.29, 0.717) is 30.7 Å². The lowest BCUT2D eigenvalue weighted by molar-refractivity contribution is -0.658. The molecule has 2 aromatic carbocycles. The zero-order valence-corrected chi connectivity index (χ0v) is 13.4. The van der Waals surface area contributed by atoms with Gasteiger partial charge in [-0.1, -0.05) is 23.7 Å². The van der Waals surface area contributed by atoms with Crippen LogP contribution < -0.4 is 15.0 Å². The number of nitrogen functional groups attached to an aromatic ring is 1. The molecule has 0 aliphatic heterocycles. The molecule has 0 radical (unpaired) electrons. The van der Waals surface area contributed by atoms with Crippen molar-refractivity contribution in [3.05, 3.63) is 53.6 Å². The maximum atomic E-state index is 9.24. The predicted octanol–water partition coefficient (Wildman–Crippen LogP) is 2.24. The maximum Gasteiger partial charge on any atom is 0.356 e. The second-order valence-corrected chi connectivity index (χ2v) is 5.61. The molecule has 5 nitrogen and oxygen atoms in total. The Morgan fingerprint density at radius 1 is 1.13 bits per heavy atom. The monoisotopic (exact) mass is 332 g/mol. The van der Waals surface area contributed by atoms with Crippen molar-refractivity contribution in [2.75, 3.05) is 18.9 Å². The molecule has 0 saturated carbocycles. The molecule has 0 atom stereocenters. The number of imidazole rings is 1. The van der Waals surface area contributed by atoms with Crippen LogP contribution in [0.2, 0.25) is 5.02 Å². The third-order valence-corrected chi connectivity index (χ3v) is 3.99. The highest BCUT2D eigenvalue weighted by Gasteiger charge is 2.19. The minimum atomic E-state index is 0.0458. The van der Waals surface area contributed by atoms with E-state index >= 15 is 0 Å². The first-order valence-electron chi connectivity index (χ1n) is 7.46. The molecule has 1 heterocycles. The number of benzene rings is 2. The highest BCUT2D eigenvalue weighted by atomic mass is 35.5. The first-order chi connectivity index (χ1) is 11.2. The molecule has 0 amide bonds. The van der Waals surface area contributed by atoms with Crippen molar-refractivity contribution in [3.8, 4) is 5.75 Å². The summed E-state index contributed by atoms with van der Waals surface area (Å²) < 4.78 is 9.66. The second kappa shape index (κ2) is 6.89. The fourth-order valence-corrected chi connectivity index (χ4v) is 2.79. The molecule has 0 spiro atoms. The summed E-state index contributed by atoms with van der Waals surface area (Å²) >= 11 is 5.86. The predicted molar refractivity (Wildman–Crippen MR) is 90.6 cm³/mol. The van der Waals surface area contributed by atoms with Gasteiger partial charge in [0.25, 0.3) is 0 Å². The van der Waals surface area contributed by atoms with Crippen LogP contribution in [0.1, 0.15) is 0 Å². The maximum absolute atomic E-state index is 9.24. The molecule has 0 bridgehead atoms. The third-order valence-electron chi connectivity index (χ3n) is 3.74. The van der Waals surface area contributed by atoms with Gasteiger partial charge in [-0.15, -0.1) is 0 Å². The Morgan fingerprint density at radius 3 is 2.61 bits per heavy atom. The first-order valence-corrected chi connectivity index (χ1v) is 7.84. The van der Waals surface area contributed by atoms with E-state index in [2.05, 4.69) is 0 Å². The standard InChI is InChI=1S/C17H18ClN3O2/c18-13-5-7-14(8-6-13)23-12-10-21-16-4-2-1-3-15(16)20(9-11-22)17(21)19/h1-8,19,22H,9-12H2/p+1. The van der Waals surface area contributed by atoms with Crippen LogP contribution in [0.25, 0.3) is 11.0 Å². The number of ether oxygens (including phenoxy) is 1. The van der Waals surface area contributed by atoms with E-state index < -0.39 is 0 Å². The number of para-hydroxylation sites is 2. The number of aliphatic hydroxyl groups is 1. The van der Waals surface area contributed by atoms with Gasteiger partial charge in [0.05, 0.1) is 13.2 Å². The molecule has 3 aromatic rings. The Hall–Kier alpha value is -2.24. The number of hydrogen-bond donors (Lipinski definition) is 2. The fourth-order valence-electron chi connectivity index (χ4n) is 2.67. The van der Waals surface area contributed by atoms with E-state index in [4.69, 9.17) is 22.1 Å². The van der Waals surface area contributed by atoms with Gasteiger partial charge in [0.1, 0.15) is 29.9 Å². The Bertz CT molecular complexity index is 799.